The van der Waals surface area contributed by atoms with Gasteiger partial charge in [-0.3, -0.25) is 0 Å². The molecular weight excluding hydrogens is 711 g/mol. The van der Waals surface area contributed by atoms with E-state index in [1.54, 1.807) is 22.3 Å². The summed E-state index contributed by atoms with van der Waals surface area (Å²) in [5.74, 6) is 14.6. The lowest BCUT2D eigenvalue weighted by Crippen LogP contribution is -2.81. The second-order valence-corrected chi connectivity index (χ2v) is 22.7. The zero-order valence-corrected chi connectivity index (χ0v) is 34.9. The molecule has 0 spiro atoms. The van der Waals surface area contributed by atoms with Crippen molar-refractivity contribution in [3.63, 3.8) is 0 Å². The van der Waals surface area contributed by atoms with Crippen molar-refractivity contribution in [3.05, 3.63) is 74.9 Å². The number of anilines is 1. The van der Waals surface area contributed by atoms with Crippen LogP contribution in [0.25, 0.3) is 10.8 Å². The van der Waals surface area contributed by atoms with E-state index in [0.717, 1.165) is 35.5 Å². The Morgan fingerprint density at radius 2 is 1.07 bits per heavy atom. The van der Waals surface area contributed by atoms with E-state index in [1.165, 1.54) is 89.6 Å². The normalized spacial score (nSPS) is 49.1. The van der Waals surface area contributed by atoms with Gasteiger partial charge in [0.25, 0.3) is 0 Å². The summed E-state index contributed by atoms with van der Waals surface area (Å²) in [4.78, 5) is 2.28. The monoisotopic (exact) mass is 765 g/mol. The van der Waals surface area contributed by atoms with Gasteiger partial charge in [-0.25, -0.2) is 0 Å². The number of rotatable bonds is 3. The van der Waals surface area contributed by atoms with Crippen molar-refractivity contribution >= 4 is 16.5 Å². The summed E-state index contributed by atoms with van der Waals surface area (Å²) in [5.41, 5.74) is 13.5. The van der Waals surface area contributed by atoms with Crippen LogP contribution in [0.15, 0.2) is 41.5 Å². The lowest BCUT2D eigenvalue weighted by Gasteiger charge is -2.85. The molecule has 3 aromatic carbocycles. The minimum Gasteiger partial charge on any atom is -0.496 e. The first-order valence-corrected chi connectivity index (χ1v) is 23.3. The summed E-state index contributed by atoms with van der Waals surface area (Å²) >= 11 is 0. The number of fused-ring (bicyclic) bond motifs is 32. The highest BCUT2D eigenvalue weighted by Gasteiger charge is 2.91. The summed E-state index contributed by atoms with van der Waals surface area (Å²) in [6.07, 6.45) is 9.07. The zero-order valence-electron chi connectivity index (χ0n) is 34.9. The van der Waals surface area contributed by atoms with Crippen LogP contribution in [0.3, 0.4) is 0 Å². The van der Waals surface area contributed by atoms with E-state index in [0.29, 0.717) is 87.4 Å². The molecule has 294 valence electrons. The predicted molar refractivity (Wildman–Crippen MR) is 223 cm³/mol. The molecule has 16 rings (SSSR count). The Balaban J connectivity index is 0.846. The molecule has 9 fully saturated rings. The molecular formula is C53H55N3O2. The molecule has 3 aromatic rings. The summed E-state index contributed by atoms with van der Waals surface area (Å²) in [5, 5.41) is 22.7. The van der Waals surface area contributed by atoms with E-state index in [-0.39, 0.29) is 0 Å². The lowest BCUT2D eigenvalue weighted by molar-refractivity contribution is -0.371. The zero-order chi connectivity index (χ0) is 38.8. The maximum atomic E-state index is 10.0. The van der Waals surface area contributed by atoms with E-state index in [4.69, 9.17) is 9.47 Å². The Morgan fingerprint density at radius 3 is 1.57 bits per heavy atom. The van der Waals surface area contributed by atoms with Gasteiger partial charge in [-0.2, -0.15) is 10.5 Å². The topological polar surface area (TPSA) is 69.3 Å². The second kappa shape index (κ2) is 9.97. The lowest BCUT2D eigenvalue weighted by atomic mass is 9.19. The largest absolute Gasteiger partial charge is 0.496 e. The van der Waals surface area contributed by atoms with Gasteiger partial charge >= 0.3 is 0 Å². The second-order valence-electron chi connectivity index (χ2n) is 22.7. The number of allylic oxidation sites excluding steroid dienone is 2. The summed E-state index contributed by atoms with van der Waals surface area (Å²) in [7, 11) is 8.29. The Bertz CT molecular complexity index is 2610. The van der Waals surface area contributed by atoms with Crippen molar-refractivity contribution in [2.24, 2.45) is 81.8 Å². The highest BCUT2D eigenvalue weighted by atomic mass is 16.5. The molecule has 0 aliphatic heterocycles. The highest BCUT2D eigenvalue weighted by molar-refractivity contribution is 5.99. The molecule has 13 aliphatic rings. The van der Waals surface area contributed by atoms with Crippen LogP contribution in [0.4, 0.5) is 5.69 Å². The third-order valence-corrected chi connectivity index (χ3v) is 22.4. The van der Waals surface area contributed by atoms with Gasteiger partial charge in [0.15, 0.2) is 0 Å². The number of methoxy groups -OCH3 is 2. The smallest absolute Gasteiger partial charge is 0.130 e. The van der Waals surface area contributed by atoms with Gasteiger partial charge in [-0.1, -0.05) is 19.9 Å². The van der Waals surface area contributed by atoms with Crippen LogP contribution >= 0.6 is 0 Å². The fraction of sp³-hybridized carbons (Fsp3) is 0.623. The van der Waals surface area contributed by atoms with Crippen molar-refractivity contribution < 1.29 is 9.47 Å². The minimum atomic E-state index is 0.352. The van der Waals surface area contributed by atoms with Crippen LogP contribution in [0.1, 0.15) is 128 Å². The molecule has 0 radical (unpaired) electrons. The average Bonchev–Trinajstić information content (AvgIpc) is 4.13. The van der Waals surface area contributed by atoms with Gasteiger partial charge in [-0.15, -0.1) is 0 Å². The van der Waals surface area contributed by atoms with Crippen LogP contribution in [-0.2, 0) is 0 Å². The standard InChI is InChI=1S/C53H55N3O2/c1-52-46-35-17-36(43-27-12-11-26(42(35)43)39(27)21(19-54)20-55)47(46)53(52,2)49-38-18-37(48(49)52)44-45(38)51(58-6)34-15-30-25-10-9-24(29(30)14-33(34)50(44)57-5)40-31-16-32(41(25)40)28-13-22(56(3)4)7-8-23(28)31/h7-8,13-15,24-27,31-32,35-38,40-43,46-49H,9-12,16-18H2,1-6H3/t24-,25+,26-,27+,31+,32-,35-,36+,37+,38-,40+,41-,42+,43-,46-,47+,48+,49-,52-,53+/m1/s1. The average molecular weight is 766 g/mol. The SMILES string of the molecule is COc1c2c(c(OC)c3cc4c(cc13)[C@@H]1CC[C@H]4[C@@H]3[C@H]1[C@@H]1C[C@H]3c3ccc(N(C)C)cc31)[C@@H]1C[C@H]2[C@@H]2[C@H]1[C@@]1(C)[C@@H]3[C@@H]4C[C@@H]([C@@H]5[C@H]4[C@@H]4CC[C@H]5C4=C(C#N)C#N)[C@@H]3[C@@]21C. The van der Waals surface area contributed by atoms with Crippen molar-refractivity contribution in [1.29, 1.82) is 10.5 Å². The van der Waals surface area contributed by atoms with Crippen LogP contribution in [0.2, 0.25) is 0 Å². The number of nitriles is 2. The molecule has 58 heavy (non-hydrogen) atoms. The maximum Gasteiger partial charge on any atom is 0.130 e. The Morgan fingerprint density at radius 1 is 0.586 bits per heavy atom. The van der Waals surface area contributed by atoms with Gasteiger partial charge in [0, 0.05) is 41.7 Å². The predicted octanol–water partition coefficient (Wildman–Crippen LogP) is 10.8. The molecule has 0 amide bonds. The van der Waals surface area contributed by atoms with Gasteiger partial charge < -0.3 is 14.4 Å². The van der Waals surface area contributed by atoms with Crippen molar-refractivity contribution in [2.45, 2.75) is 94.3 Å². The maximum absolute atomic E-state index is 10.0. The quantitative estimate of drug-likeness (QED) is 0.151. The fourth-order valence-electron chi connectivity index (χ4n) is 21.7. The molecule has 5 nitrogen and oxygen atoms in total. The van der Waals surface area contributed by atoms with E-state index in [2.05, 4.69) is 75.3 Å². The molecule has 9 saturated carbocycles. The number of nitrogens with zero attached hydrogens (tertiary/aromatic N) is 3. The molecule has 13 aliphatic carbocycles. The molecule has 5 heteroatoms. The first kappa shape index (κ1) is 32.8. The molecule has 0 N–H and O–H groups in total. The minimum absolute atomic E-state index is 0.352. The van der Waals surface area contributed by atoms with Gasteiger partial charge in [0.2, 0.25) is 0 Å². The molecule has 0 heterocycles. The summed E-state index contributed by atoms with van der Waals surface area (Å²) in [6.45, 7) is 5.49. The van der Waals surface area contributed by atoms with Crippen molar-refractivity contribution in [1.82, 2.24) is 0 Å². The van der Waals surface area contributed by atoms with Crippen LogP contribution < -0.4 is 14.4 Å². The van der Waals surface area contributed by atoms with Gasteiger partial charge in [0.1, 0.15) is 29.2 Å². The Kier molecular flexibility index (Phi) is 5.64. The first-order valence-electron chi connectivity index (χ1n) is 23.3. The van der Waals surface area contributed by atoms with E-state index >= 15 is 0 Å². The van der Waals surface area contributed by atoms with E-state index in [9.17, 15) is 10.5 Å². The number of benzene rings is 3. The number of hydrogen-bond donors (Lipinski definition) is 0. The van der Waals surface area contributed by atoms with Crippen molar-refractivity contribution in [2.75, 3.05) is 33.2 Å². The summed E-state index contributed by atoms with van der Waals surface area (Å²) < 4.78 is 13.4. The number of ether oxygens (including phenoxy) is 2. The molecule has 0 aromatic heterocycles. The van der Waals surface area contributed by atoms with Crippen LogP contribution in [-0.4, -0.2) is 28.3 Å². The molecule has 20 atom stereocenters. The summed E-state index contributed by atoms with van der Waals surface area (Å²) in [6, 6.07) is 17.4. The third-order valence-electron chi connectivity index (χ3n) is 22.4. The van der Waals surface area contributed by atoms with E-state index < -0.39 is 0 Å². The van der Waals surface area contributed by atoms with Crippen LogP contribution in [0, 0.1) is 105 Å². The molecule has 10 bridgehead atoms. The molecule has 0 unspecified atom stereocenters. The Hall–Kier alpha value is -3.96. The fourth-order valence-corrected chi connectivity index (χ4v) is 21.7. The van der Waals surface area contributed by atoms with E-state index in [1.807, 2.05) is 14.2 Å². The third kappa shape index (κ3) is 3.02. The van der Waals surface area contributed by atoms with Crippen molar-refractivity contribution in [3.8, 4) is 23.6 Å². The Labute approximate surface area is 343 Å². The first-order chi connectivity index (χ1) is 28.2. The van der Waals surface area contributed by atoms with Gasteiger partial charge in [0.05, 0.1) is 14.2 Å². The highest BCUT2D eigenvalue weighted by Crippen LogP contribution is 2.96. The van der Waals surface area contributed by atoms with Crippen LogP contribution in [0.5, 0.6) is 11.5 Å². The number of hydrogen-bond acceptors (Lipinski definition) is 5. The molecule has 0 saturated heterocycles. The van der Waals surface area contributed by atoms with Gasteiger partial charge in [-0.05, 0) is 214 Å².